The number of aromatic nitrogens is 1. The SMILES string of the molecule is CC[C@H](NC(=O)c1cc2c(F)c(Br)ccc2[nH]1)C(=O)O. The number of carboxylic acid groups (broad SMARTS) is 1. The van der Waals surface area contributed by atoms with E-state index in [2.05, 4.69) is 26.2 Å². The molecular weight excluding hydrogens is 331 g/mol. The van der Waals surface area contributed by atoms with Crippen molar-refractivity contribution in [2.45, 2.75) is 19.4 Å². The molecule has 0 spiro atoms. The number of carbonyl (C=O) groups is 2. The molecule has 0 aliphatic heterocycles. The van der Waals surface area contributed by atoms with E-state index < -0.39 is 23.7 Å². The van der Waals surface area contributed by atoms with Crippen LogP contribution in [0, 0.1) is 5.82 Å². The second-order valence-electron chi connectivity index (χ2n) is 4.28. The monoisotopic (exact) mass is 342 g/mol. The van der Waals surface area contributed by atoms with Crippen LogP contribution in [0.25, 0.3) is 10.9 Å². The lowest BCUT2D eigenvalue weighted by Crippen LogP contribution is -2.40. The predicted molar refractivity (Wildman–Crippen MR) is 75.1 cm³/mol. The molecule has 0 saturated heterocycles. The van der Waals surface area contributed by atoms with Crippen molar-refractivity contribution in [1.82, 2.24) is 10.3 Å². The van der Waals surface area contributed by atoms with Crippen LogP contribution in [0.2, 0.25) is 0 Å². The maximum absolute atomic E-state index is 13.8. The fourth-order valence-corrected chi connectivity index (χ4v) is 2.18. The van der Waals surface area contributed by atoms with Gasteiger partial charge in [0.1, 0.15) is 17.6 Å². The van der Waals surface area contributed by atoms with Gasteiger partial charge in [-0.1, -0.05) is 6.92 Å². The van der Waals surface area contributed by atoms with Crippen LogP contribution in [0.4, 0.5) is 4.39 Å². The van der Waals surface area contributed by atoms with Crippen molar-refractivity contribution in [2.75, 3.05) is 0 Å². The highest BCUT2D eigenvalue weighted by Crippen LogP contribution is 2.25. The third-order valence-corrected chi connectivity index (χ3v) is 3.56. The van der Waals surface area contributed by atoms with E-state index in [9.17, 15) is 14.0 Å². The molecule has 2 aromatic rings. The van der Waals surface area contributed by atoms with Crippen molar-refractivity contribution in [1.29, 1.82) is 0 Å². The van der Waals surface area contributed by atoms with E-state index in [-0.39, 0.29) is 17.5 Å². The van der Waals surface area contributed by atoms with Gasteiger partial charge in [0.15, 0.2) is 0 Å². The normalized spacial score (nSPS) is 12.3. The average Bonchev–Trinajstić information content (AvgIpc) is 2.84. The van der Waals surface area contributed by atoms with Crippen molar-refractivity contribution in [3.05, 3.63) is 34.2 Å². The van der Waals surface area contributed by atoms with Crippen LogP contribution in [-0.2, 0) is 4.79 Å². The van der Waals surface area contributed by atoms with E-state index in [0.717, 1.165) is 0 Å². The van der Waals surface area contributed by atoms with Gasteiger partial charge in [-0.3, -0.25) is 4.79 Å². The van der Waals surface area contributed by atoms with E-state index in [0.29, 0.717) is 9.99 Å². The fraction of sp³-hybridized carbons (Fsp3) is 0.231. The maximum Gasteiger partial charge on any atom is 0.326 e. The Labute approximate surface area is 122 Å². The minimum Gasteiger partial charge on any atom is -0.480 e. The van der Waals surface area contributed by atoms with Crippen molar-refractivity contribution < 1.29 is 19.1 Å². The largest absolute Gasteiger partial charge is 0.480 e. The zero-order valence-corrected chi connectivity index (χ0v) is 12.1. The van der Waals surface area contributed by atoms with E-state index in [1.54, 1.807) is 13.0 Å². The van der Waals surface area contributed by atoms with Gasteiger partial charge < -0.3 is 15.4 Å². The number of benzene rings is 1. The molecule has 7 heteroatoms. The second kappa shape index (κ2) is 5.62. The number of H-pyrrole nitrogens is 1. The molecule has 0 fully saturated rings. The van der Waals surface area contributed by atoms with Crippen LogP contribution in [0.15, 0.2) is 22.7 Å². The highest BCUT2D eigenvalue weighted by Gasteiger charge is 2.20. The Morgan fingerprint density at radius 2 is 2.20 bits per heavy atom. The molecule has 1 heterocycles. The summed E-state index contributed by atoms with van der Waals surface area (Å²) in [5.74, 6) is -2.15. The van der Waals surface area contributed by atoms with Crippen LogP contribution in [0.3, 0.4) is 0 Å². The van der Waals surface area contributed by atoms with Crippen LogP contribution in [0.1, 0.15) is 23.8 Å². The second-order valence-corrected chi connectivity index (χ2v) is 5.13. The van der Waals surface area contributed by atoms with Crippen LogP contribution >= 0.6 is 15.9 Å². The van der Waals surface area contributed by atoms with Gasteiger partial charge in [0.05, 0.1) is 4.47 Å². The van der Waals surface area contributed by atoms with Gasteiger partial charge in [0.25, 0.3) is 5.91 Å². The molecule has 1 atom stereocenters. The van der Waals surface area contributed by atoms with Crippen molar-refractivity contribution in [3.8, 4) is 0 Å². The minimum absolute atomic E-state index is 0.122. The number of hydrogen-bond donors (Lipinski definition) is 3. The Morgan fingerprint density at radius 1 is 1.50 bits per heavy atom. The molecule has 0 aliphatic rings. The number of halogens is 2. The van der Waals surface area contributed by atoms with E-state index in [1.807, 2.05) is 0 Å². The molecule has 1 aromatic heterocycles. The van der Waals surface area contributed by atoms with Crippen molar-refractivity contribution in [2.24, 2.45) is 0 Å². The molecule has 0 bridgehead atoms. The number of rotatable bonds is 4. The van der Waals surface area contributed by atoms with Gasteiger partial charge in [-0.25, -0.2) is 9.18 Å². The maximum atomic E-state index is 13.8. The van der Waals surface area contributed by atoms with Crippen molar-refractivity contribution in [3.63, 3.8) is 0 Å². The number of carboxylic acids is 1. The molecule has 3 N–H and O–H groups in total. The van der Waals surface area contributed by atoms with Gasteiger partial charge >= 0.3 is 5.97 Å². The predicted octanol–water partition coefficient (Wildman–Crippen LogP) is 2.66. The number of fused-ring (bicyclic) bond motifs is 1. The Balaban J connectivity index is 2.31. The highest BCUT2D eigenvalue weighted by atomic mass is 79.9. The van der Waals surface area contributed by atoms with Gasteiger partial charge in [-0.15, -0.1) is 0 Å². The number of nitrogens with one attached hydrogen (secondary N) is 2. The van der Waals surface area contributed by atoms with Gasteiger partial charge in [-0.05, 0) is 40.5 Å². The zero-order chi connectivity index (χ0) is 14.9. The summed E-state index contributed by atoms with van der Waals surface area (Å²) in [7, 11) is 0. The Bertz CT molecular complexity index is 684. The Morgan fingerprint density at radius 3 is 2.80 bits per heavy atom. The lowest BCUT2D eigenvalue weighted by molar-refractivity contribution is -0.139. The Kier molecular flexibility index (Phi) is 4.08. The number of aromatic amines is 1. The molecule has 1 amide bonds. The summed E-state index contributed by atoms with van der Waals surface area (Å²) >= 11 is 3.07. The smallest absolute Gasteiger partial charge is 0.326 e. The molecule has 0 unspecified atom stereocenters. The average molecular weight is 343 g/mol. The van der Waals surface area contributed by atoms with E-state index in [4.69, 9.17) is 5.11 Å². The molecule has 2 rings (SSSR count). The van der Waals surface area contributed by atoms with Gasteiger partial charge in [-0.2, -0.15) is 0 Å². The molecule has 20 heavy (non-hydrogen) atoms. The lowest BCUT2D eigenvalue weighted by Gasteiger charge is -2.10. The summed E-state index contributed by atoms with van der Waals surface area (Å²) in [5.41, 5.74) is 0.593. The first-order valence-electron chi connectivity index (χ1n) is 5.94. The highest BCUT2D eigenvalue weighted by molar-refractivity contribution is 9.10. The van der Waals surface area contributed by atoms with Crippen LogP contribution in [0.5, 0.6) is 0 Å². The first-order chi connectivity index (χ1) is 9.43. The molecule has 0 radical (unpaired) electrons. The van der Waals surface area contributed by atoms with Gasteiger partial charge in [0, 0.05) is 10.9 Å². The fourth-order valence-electron chi connectivity index (χ4n) is 1.84. The molecule has 0 aliphatic carbocycles. The Hall–Kier alpha value is -1.89. The summed E-state index contributed by atoms with van der Waals surface area (Å²) in [6.07, 6.45) is 0.265. The molecule has 106 valence electrons. The third-order valence-electron chi connectivity index (χ3n) is 2.95. The molecular formula is C13H12BrFN2O3. The molecule has 5 nitrogen and oxygen atoms in total. The van der Waals surface area contributed by atoms with Gasteiger partial charge in [0.2, 0.25) is 0 Å². The van der Waals surface area contributed by atoms with Crippen LogP contribution in [-0.4, -0.2) is 28.0 Å². The number of amides is 1. The summed E-state index contributed by atoms with van der Waals surface area (Å²) in [5, 5.41) is 11.5. The van der Waals surface area contributed by atoms with Crippen LogP contribution < -0.4 is 5.32 Å². The lowest BCUT2D eigenvalue weighted by atomic mass is 10.2. The molecule has 0 saturated carbocycles. The first kappa shape index (κ1) is 14.5. The zero-order valence-electron chi connectivity index (χ0n) is 10.5. The standard InChI is InChI=1S/C13H12BrFN2O3/c1-2-8(13(19)20)17-12(18)10-5-6-9(16-10)4-3-7(14)11(6)15/h3-5,8,16H,2H2,1H3,(H,17,18)(H,19,20)/t8-/m0/s1. The summed E-state index contributed by atoms with van der Waals surface area (Å²) in [6, 6.07) is 3.56. The number of aliphatic carboxylic acids is 1. The minimum atomic E-state index is -1.11. The summed E-state index contributed by atoms with van der Waals surface area (Å²) in [6.45, 7) is 1.65. The number of carbonyl (C=O) groups excluding carboxylic acids is 1. The first-order valence-corrected chi connectivity index (χ1v) is 6.73. The van der Waals surface area contributed by atoms with Crippen molar-refractivity contribution >= 4 is 38.7 Å². The van der Waals surface area contributed by atoms with E-state index in [1.165, 1.54) is 12.1 Å². The summed E-state index contributed by atoms with van der Waals surface area (Å²) in [4.78, 5) is 25.6. The van der Waals surface area contributed by atoms with E-state index >= 15 is 0 Å². The molecule has 1 aromatic carbocycles. The summed E-state index contributed by atoms with van der Waals surface area (Å²) < 4.78 is 14.1. The quantitative estimate of drug-likeness (QED) is 0.798. The third kappa shape index (κ3) is 2.67. The number of hydrogen-bond acceptors (Lipinski definition) is 2. The topological polar surface area (TPSA) is 82.2 Å².